The molecule has 12 heteroatoms. The van der Waals surface area contributed by atoms with E-state index < -0.39 is 0 Å². The average molecular weight is 514 g/mol. The number of nitrogens with zero attached hydrogens (tertiary/aromatic N) is 5. The van der Waals surface area contributed by atoms with Crippen LogP contribution in [0.25, 0.3) is 10.2 Å². The van der Waals surface area contributed by atoms with E-state index >= 15 is 0 Å². The minimum Gasteiger partial charge on any atom is -0.447 e. The van der Waals surface area contributed by atoms with E-state index in [9.17, 15) is 9.59 Å². The van der Waals surface area contributed by atoms with Crippen LogP contribution in [-0.2, 0) is 4.74 Å². The summed E-state index contributed by atoms with van der Waals surface area (Å²) >= 11 is 3.15. The molecule has 1 unspecified atom stereocenters. The highest BCUT2D eigenvalue weighted by Crippen LogP contribution is 2.28. The van der Waals surface area contributed by atoms with Crippen LogP contribution in [0.5, 0.6) is 0 Å². The highest BCUT2D eigenvalue weighted by atomic mass is 32.2. The van der Waals surface area contributed by atoms with Crippen molar-refractivity contribution in [2.24, 2.45) is 5.92 Å². The third-order valence-electron chi connectivity index (χ3n) is 6.11. The van der Waals surface area contributed by atoms with Crippen LogP contribution >= 0.6 is 23.1 Å². The maximum Gasteiger partial charge on any atom is 0.410 e. The molecule has 35 heavy (non-hydrogen) atoms. The van der Waals surface area contributed by atoms with Gasteiger partial charge in [0.2, 0.25) is 5.95 Å². The lowest BCUT2D eigenvalue weighted by atomic mass is 10.1. The molecule has 0 spiro atoms. The molecule has 2 saturated heterocycles. The molecule has 2 atom stereocenters. The van der Waals surface area contributed by atoms with Gasteiger partial charge in [-0.2, -0.15) is 0 Å². The standard InChI is InChI=1S/C23H27N7O3S2/c1-14(8-24-21-25-10-17(34-2)11-26-21)9-27-22-28-18-4-3-15(7-19(18)35-22)20(31)29-5-6-30-16(12-29)13-33-23(30)32/h3-4,7,10-11,14,16H,5-6,8-9,12-13H2,1-2H3,(H,27,28)(H,24,25,26)/t14-,16?/m0/s1. The second-order valence-corrected chi connectivity index (χ2v) is 10.6. The second kappa shape index (κ2) is 10.2. The summed E-state index contributed by atoms with van der Waals surface area (Å²) in [5, 5.41) is 7.50. The fourth-order valence-electron chi connectivity index (χ4n) is 4.10. The Morgan fingerprint density at radius 2 is 2.06 bits per heavy atom. The SMILES string of the molecule is CSc1cnc(NC[C@H](C)CNc2nc3ccc(C(=O)N4CCN5C(=O)OCC5C4)cc3s2)nc1. The summed E-state index contributed by atoms with van der Waals surface area (Å²) < 4.78 is 6.07. The Hall–Kier alpha value is -3.12. The molecule has 0 aliphatic carbocycles. The number of ether oxygens (including phenoxy) is 1. The highest BCUT2D eigenvalue weighted by Gasteiger charge is 2.38. The third-order valence-corrected chi connectivity index (χ3v) is 7.77. The Labute approximate surface area is 211 Å². The predicted molar refractivity (Wildman–Crippen MR) is 137 cm³/mol. The average Bonchev–Trinajstić information content (AvgIpc) is 3.48. The smallest absolute Gasteiger partial charge is 0.410 e. The number of fused-ring (bicyclic) bond motifs is 2. The summed E-state index contributed by atoms with van der Waals surface area (Å²) in [6, 6.07) is 5.57. The lowest BCUT2D eigenvalue weighted by molar-refractivity contribution is 0.0617. The zero-order valence-corrected chi connectivity index (χ0v) is 21.2. The normalized spacial score (nSPS) is 18.3. The van der Waals surface area contributed by atoms with Gasteiger partial charge >= 0.3 is 6.09 Å². The van der Waals surface area contributed by atoms with Gasteiger partial charge in [-0.25, -0.2) is 19.7 Å². The van der Waals surface area contributed by atoms with Crippen LogP contribution in [0.3, 0.4) is 0 Å². The number of benzene rings is 1. The monoisotopic (exact) mass is 513 g/mol. The molecule has 4 heterocycles. The Balaban J connectivity index is 1.15. The van der Waals surface area contributed by atoms with Crippen molar-refractivity contribution in [2.75, 3.05) is 56.2 Å². The number of nitrogens with one attached hydrogen (secondary N) is 2. The number of aromatic nitrogens is 3. The van der Waals surface area contributed by atoms with Crippen molar-refractivity contribution in [2.45, 2.75) is 17.9 Å². The van der Waals surface area contributed by atoms with Crippen molar-refractivity contribution in [3.63, 3.8) is 0 Å². The van der Waals surface area contributed by atoms with Crippen molar-refractivity contribution >= 4 is 56.4 Å². The minimum atomic E-state index is -0.281. The quantitative estimate of drug-likeness (QED) is 0.438. The van der Waals surface area contributed by atoms with E-state index in [2.05, 4.69) is 32.5 Å². The van der Waals surface area contributed by atoms with Gasteiger partial charge in [-0.3, -0.25) is 9.69 Å². The number of cyclic esters (lactones) is 1. The van der Waals surface area contributed by atoms with Gasteiger partial charge in [-0.15, -0.1) is 11.8 Å². The van der Waals surface area contributed by atoms with Gasteiger partial charge in [0.05, 0.1) is 16.3 Å². The number of thioether (sulfide) groups is 1. The number of rotatable bonds is 8. The van der Waals surface area contributed by atoms with Crippen molar-refractivity contribution in [3.05, 3.63) is 36.2 Å². The summed E-state index contributed by atoms with van der Waals surface area (Å²) in [5.41, 5.74) is 1.50. The van der Waals surface area contributed by atoms with Crippen molar-refractivity contribution in [1.29, 1.82) is 0 Å². The van der Waals surface area contributed by atoms with Crippen LogP contribution < -0.4 is 10.6 Å². The number of carbonyl (C=O) groups is 2. The van der Waals surface area contributed by atoms with Gasteiger partial charge in [0.1, 0.15) is 6.61 Å². The summed E-state index contributed by atoms with van der Waals surface area (Å²) in [6.45, 7) is 5.48. The molecule has 0 bridgehead atoms. The molecule has 2 fully saturated rings. The molecule has 0 saturated carbocycles. The zero-order valence-electron chi connectivity index (χ0n) is 19.6. The molecule has 3 aromatic rings. The van der Waals surface area contributed by atoms with Crippen molar-refractivity contribution in [1.82, 2.24) is 24.8 Å². The minimum absolute atomic E-state index is 0.0266. The molecule has 184 valence electrons. The van der Waals surface area contributed by atoms with Gasteiger partial charge in [-0.1, -0.05) is 18.3 Å². The molecule has 2 amide bonds. The van der Waals surface area contributed by atoms with E-state index in [-0.39, 0.29) is 18.0 Å². The van der Waals surface area contributed by atoms with E-state index in [1.165, 1.54) is 11.3 Å². The van der Waals surface area contributed by atoms with E-state index in [0.29, 0.717) is 43.7 Å². The van der Waals surface area contributed by atoms with Crippen molar-refractivity contribution in [3.8, 4) is 0 Å². The number of hydrogen-bond donors (Lipinski definition) is 2. The van der Waals surface area contributed by atoms with Crippen LogP contribution in [0.4, 0.5) is 15.9 Å². The Morgan fingerprint density at radius 1 is 1.26 bits per heavy atom. The molecular weight excluding hydrogens is 486 g/mol. The summed E-state index contributed by atoms with van der Waals surface area (Å²) in [5.74, 6) is 0.926. The number of hydrogen-bond acceptors (Lipinski definition) is 10. The Kier molecular flexibility index (Phi) is 6.91. The number of thiazole rings is 1. The fourth-order valence-corrected chi connectivity index (χ4v) is 5.33. The van der Waals surface area contributed by atoms with Gasteiger partial charge in [0, 0.05) is 55.6 Å². The molecule has 2 N–H and O–H groups in total. The first-order chi connectivity index (χ1) is 17.0. The van der Waals surface area contributed by atoms with Crippen LogP contribution in [0.2, 0.25) is 0 Å². The molecule has 2 aliphatic heterocycles. The lowest BCUT2D eigenvalue weighted by Crippen LogP contribution is -2.53. The van der Waals surface area contributed by atoms with E-state index in [1.807, 2.05) is 36.8 Å². The van der Waals surface area contributed by atoms with Crippen LogP contribution in [0, 0.1) is 5.92 Å². The van der Waals surface area contributed by atoms with Crippen LogP contribution in [0.1, 0.15) is 17.3 Å². The number of amides is 2. The zero-order chi connectivity index (χ0) is 24.4. The first-order valence-corrected chi connectivity index (χ1v) is 13.5. The molecular formula is C23H27N7O3S2. The molecule has 1 aromatic carbocycles. The van der Waals surface area contributed by atoms with Crippen LogP contribution in [-0.4, -0.2) is 88.4 Å². The Bertz CT molecular complexity index is 1220. The molecule has 2 aliphatic rings. The number of piperazine rings is 1. The topological polar surface area (TPSA) is 113 Å². The summed E-state index contributed by atoms with van der Waals surface area (Å²) in [6.07, 6.45) is 5.34. The predicted octanol–water partition coefficient (Wildman–Crippen LogP) is 3.24. The first-order valence-electron chi connectivity index (χ1n) is 11.5. The van der Waals surface area contributed by atoms with Gasteiger partial charge in [0.15, 0.2) is 5.13 Å². The van der Waals surface area contributed by atoms with E-state index in [1.54, 1.807) is 21.6 Å². The van der Waals surface area contributed by atoms with Gasteiger partial charge in [-0.05, 0) is 30.4 Å². The molecule has 5 rings (SSSR count). The largest absolute Gasteiger partial charge is 0.447 e. The molecule has 0 radical (unpaired) electrons. The van der Waals surface area contributed by atoms with Crippen LogP contribution in [0.15, 0.2) is 35.5 Å². The third kappa shape index (κ3) is 5.27. The second-order valence-electron chi connectivity index (χ2n) is 8.69. The number of carbonyl (C=O) groups excluding carboxylic acids is 2. The summed E-state index contributed by atoms with van der Waals surface area (Å²) in [7, 11) is 0. The van der Waals surface area contributed by atoms with Gasteiger partial charge in [0.25, 0.3) is 5.91 Å². The number of anilines is 2. The molecule has 2 aromatic heterocycles. The lowest BCUT2D eigenvalue weighted by Gasteiger charge is -2.35. The maximum atomic E-state index is 13.1. The Morgan fingerprint density at radius 3 is 2.86 bits per heavy atom. The van der Waals surface area contributed by atoms with Gasteiger partial charge < -0.3 is 20.3 Å². The van der Waals surface area contributed by atoms with E-state index in [0.717, 1.165) is 33.3 Å². The fraction of sp³-hybridized carbons (Fsp3) is 0.435. The highest BCUT2D eigenvalue weighted by molar-refractivity contribution is 7.98. The maximum absolute atomic E-state index is 13.1. The van der Waals surface area contributed by atoms with E-state index in [4.69, 9.17) is 4.74 Å². The summed E-state index contributed by atoms with van der Waals surface area (Å²) in [4.78, 5) is 42.6. The molecule has 10 nitrogen and oxygen atoms in total. The first kappa shape index (κ1) is 23.6. The van der Waals surface area contributed by atoms with Crippen molar-refractivity contribution < 1.29 is 14.3 Å².